The highest BCUT2D eigenvalue weighted by Crippen LogP contribution is 2.14. The number of hydrogen-bond acceptors (Lipinski definition) is 3. The van der Waals surface area contributed by atoms with Crippen LogP contribution >= 0.6 is 0 Å². The molecule has 1 rings (SSSR count). The molecule has 0 unspecified atom stereocenters. The molecule has 13 heavy (non-hydrogen) atoms. The highest BCUT2D eigenvalue weighted by Gasteiger charge is 2.20. The van der Waals surface area contributed by atoms with Crippen molar-refractivity contribution in [2.75, 3.05) is 13.7 Å². The van der Waals surface area contributed by atoms with E-state index >= 15 is 0 Å². The van der Waals surface area contributed by atoms with Crippen LogP contribution in [0.15, 0.2) is 12.3 Å². The van der Waals surface area contributed by atoms with Crippen molar-refractivity contribution in [1.82, 2.24) is 9.78 Å². The molecule has 0 saturated carbocycles. The molecule has 1 aromatic rings. The number of aromatic nitrogens is 2. The highest BCUT2D eigenvalue weighted by molar-refractivity contribution is 4.99. The molecule has 0 radical (unpaired) electrons. The van der Waals surface area contributed by atoms with E-state index in [-0.39, 0.29) is 12.1 Å². The Morgan fingerprint density at radius 3 is 2.77 bits per heavy atom. The Labute approximate surface area is 78.1 Å². The van der Waals surface area contributed by atoms with Crippen molar-refractivity contribution in [3.63, 3.8) is 0 Å². The van der Waals surface area contributed by atoms with Gasteiger partial charge in [-0.05, 0) is 19.9 Å². The fourth-order valence-corrected chi connectivity index (χ4v) is 1.20. The van der Waals surface area contributed by atoms with Crippen molar-refractivity contribution in [3.05, 3.63) is 18.0 Å². The van der Waals surface area contributed by atoms with Crippen LogP contribution in [0.1, 0.15) is 19.5 Å². The Bertz CT molecular complexity index is 268. The third kappa shape index (κ3) is 2.29. The predicted octanol–water partition coefficient (Wildman–Crippen LogP) is 0.757. The molecular weight excluding hydrogens is 168 g/mol. The zero-order valence-corrected chi connectivity index (χ0v) is 8.32. The Morgan fingerprint density at radius 2 is 2.31 bits per heavy atom. The van der Waals surface area contributed by atoms with Crippen molar-refractivity contribution in [1.29, 1.82) is 0 Å². The van der Waals surface area contributed by atoms with E-state index in [4.69, 9.17) is 9.84 Å². The first-order valence-corrected chi connectivity index (χ1v) is 4.25. The molecule has 0 bridgehead atoms. The normalized spacial score (nSPS) is 12.0. The molecule has 0 aliphatic heterocycles. The largest absolute Gasteiger partial charge is 0.390 e. The lowest BCUT2D eigenvalue weighted by Crippen LogP contribution is -2.32. The second-order valence-electron chi connectivity index (χ2n) is 3.66. The van der Waals surface area contributed by atoms with Gasteiger partial charge in [0, 0.05) is 13.3 Å². The molecule has 0 spiro atoms. The van der Waals surface area contributed by atoms with E-state index in [1.807, 2.05) is 24.7 Å². The number of rotatable bonds is 4. The van der Waals surface area contributed by atoms with Crippen LogP contribution in [0.3, 0.4) is 0 Å². The molecule has 74 valence electrons. The van der Waals surface area contributed by atoms with Crippen LogP contribution in [0.5, 0.6) is 0 Å². The first-order valence-electron chi connectivity index (χ1n) is 4.25. The molecule has 0 saturated heterocycles. The monoisotopic (exact) mass is 184 g/mol. The molecule has 0 aliphatic carbocycles. The summed E-state index contributed by atoms with van der Waals surface area (Å²) in [5.74, 6) is 0. The lowest BCUT2D eigenvalue weighted by molar-refractivity contribution is 0.101. The van der Waals surface area contributed by atoms with E-state index in [0.717, 1.165) is 0 Å². The average Bonchev–Trinajstić information content (AvgIpc) is 2.52. The summed E-state index contributed by atoms with van der Waals surface area (Å²) >= 11 is 0. The fourth-order valence-electron chi connectivity index (χ4n) is 1.20. The van der Waals surface area contributed by atoms with Crippen LogP contribution in [0.4, 0.5) is 0 Å². The minimum atomic E-state index is -0.165. The van der Waals surface area contributed by atoms with Gasteiger partial charge in [-0.1, -0.05) is 0 Å². The Balaban J connectivity index is 2.80. The van der Waals surface area contributed by atoms with E-state index < -0.39 is 0 Å². The molecule has 4 nitrogen and oxygen atoms in total. The van der Waals surface area contributed by atoms with Crippen molar-refractivity contribution >= 4 is 0 Å². The number of aliphatic hydroxyl groups is 1. The van der Waals surface area contributed by atoms with Gasteiger partial charge in [-0.15, -0.1) is 0 Å². The number of hydrogen-bond donors (Lipinski definition) is 1. The van der Waals surface area contributed by atoms with Crippen molar-refractivity contribution < 1.29 is 9.84 Å². The third-order valence-corrected chi connectivity index (χ3v) is 1.92. The van der Waals surface area contributed by atoms with Gasteiger partial charge in [-0.25, -0.2) is 0 Å². The summed E-state index contributed by atoms with van der Waals surface area (Å²) in [6.45, 7) is 4.64. The molecule has 1 heterocycles. The first kappa shape index (κ1) is 10.2. The topological polar surface area (TPSA) is 47.3 Å². The highest BCUT2D eigenvalue weighted by atomic mass is 16.5. The molecule has 1 aromatic heterocycles. The molecule has 1 N–H and O–H groups in total. The van der Waals surface area contributed by atoms with Crippen molar-refractivity contribution in [2.45, 2.75) is 26.0 Å². The summed E-state index contributed by atoms with van der Waals surface area (Å²) in [4.78, 5) is 0. The van der Waals surface area contributed by atoms with Gasteiger partial charge in [0.15, 0.2) is 0 Å². The zero-order valence-electron chi connectivity index (χ0n) is 8.32. The van der Waals surface area contributed by atoms with E-state index in [2.05, 4.69) is 5.10 Å². The van der Waals surface area contributed by atoms with Gasteiger partial charge in [0.25, 0.3) is 0 Å². The molecule has 4 heteroatoms. The first-order chi connectivity index (χ1) is 6.10. The summed E-state index contributed by atoms with van der Waals surface area (Å²) in [7, 11) is 1.66. The van der Waals surface area contributed by atoms with Crippen LogP contribution in [-0.2, 0) is 16.9 Å². The molecule has 0 amide bonds. The van der Waals surface area contributed by atoms with Gasteiger partial charge in [-0.2, -0.15) is 5.10 Å². The predicted molar refractivity (Wildman–Crippen MR) is 49.3 cm³/mol. The molecule has 0 aromatic carbocycles. The minimum Gasteiger partial charge on any atom is -0.390 e. The zero-order chi connectivity index (χ0) is 9.90. The number of nitrogens with zero attached hydrogens (tertiary/aromatic N) is 2. The van der Waals surface area contributed by atoms with E-state index in [1.54, 1.807) is 13.2 Å². The second kappa shape index (κ2) is 3.89. The molecule has 0 fully saturated rings. The Morgan fingerprint density at radius 1 is 1.62 bits per heavy atom. The minimum absolute atomic E-state index is 0.0178. The van der Waals surface area contributed by atoms with Gasteiger partial charge in [0.05, 0.1) is 24.4 Å². The van der Waals surface area contributed by atoms with Gasteiger partial charge in [0.1, 0.15) is 0 Å². The van der Waals surface area contributed by atoms with E-state index in [0.29, 0.717) is 12.3 Å². The maximum absolute atomic E-state index is 8.84. The summed E-state index contributed by atoms with van der Waals surface area (Å²) in [6, 6.07) is 1.80. The Hall–Kier alpha value is -0.870. The number of ether oxygens (including phenoxy) is 1. The van der Waals surface area contributed by atoms with Gasteiger partial charge < -0.3 is 9.84 Å². The van der Waals surface area contributed by atoms with Crippen LogP contribution in [0.25, 0.3) is 0 Å². The standard InChI is InChI=1S/C9H16N2O2/c1-9(2,7-13-3)11-5-4-8(6-12)10-11/h4-5,12H,6-7H2,1-3H3. The Kier molecular flexibility index (Phi) is 3.06. The van der Waals surface area contributed by atoms with Gasteiger partial charge in [-0.3, -0.25) is 4.68 Å². The molecular formula is C9H16N2O2. The molecule has 0 atom stereocenters. The van der Waals surface area contributed by atoms with Crippen LogP contribution in [-0.4, -0.2) is 28.6 Å². The van der Waals surface area contributed by atoms with E-state index in [1.165, 1.54) is 0 Å². The fraction of sp³-hybridized carbons (Fsp3) is 0.667. The quantitative estimate of drug-likeness (QED) is 0.751. The number of methoxy groups -OCH3 is 1. The maximum atomic E-state index is 8.84. The lowest BCUT2D eigenvalue weighted by atomic mass is 10.1. The maximum Gasteiger partial charge on any atom is 0.0879 e. The molecule has 0 aliphatic rings. The van der Waals surface area contributed by atoms with Crippen LogP contribution in [0, 0.1) is 0 Å². The third-order valence-electron chi connectivity index (χ3n) is 1.92. The van der Waals surface area contributed by atoms with Gasteiger partial charge >= 0.3 is 0 Å². The smallest absolute Gasteiger partial charge is 0.0879 e. The second-order valence-corrected chi connectivity index (χ2v) is 3.66. The lowest BCUT2D eigenvalue weighted by Gasteiger charge is -2.24. The van der Waals surface area contributed by atoms with Crippen molar-refractivity contribution in [3.8, 4) is 0 Å². The van der Waals surface area contributed by atoms with Gasteiger partial charge in [0.2, 0.25) is 0 Å². The SMILES string of the molecule is COCC(C)(C)n1ccc(CO)n1. The number of aliphatic hydroxyl groups excluding tert-OH is 1. The van der Waals surface area contributed by atoms with Crippen LogP contribution < -0.4 is 0 Å². The summed E-state index contributed by atoms with van der Waals surface area (Å²) in [6.07, 6.45) is 1.85. The average molecular weight is 184 g/mol. The van der Waals surface area contributed by atoms with E-state index in [9.17, 15) is 0 Å². The van der Waals surface area contributed by atoms with Crippen molar-refractivity contribution in [2.24, 2.45) is 0 Å². The summed E-state index contributed by atoms with van der Waals surface area (Å²) < 4.78 is 6.89. The van der Waals surface area contributed by atoms with Crippen LogP contribution in [0.2, 0.25) is 0 Å². The summed E-state index contributed by atoms with van der Waals surface area (Å²) in [5, 5.41) is 13.0. The summed E-state index contributed by atoms with van der Waals surface area (Å²) in [5.41, 5.74) is 0.520.